The Kier molecular flexibility index (Phi) is 4.88. The Morgan fingerprint density at radius 2 is 1.88 bits per heavy atom. The molecule has 1 heterocycles. The van der Waals surface area contributed by atoms with E-state index in [1.54, 1.807) is 42.5 Å². The van der Waals surface area contributed by atoms with E-state index in [1.807, 2.05) is 6.07 Å². The van der Waals surface area contributed by atoms with Gasteiger partial charge >= 0.3 is 0 Å². The molecule has 25 heavy (non-hydrogen) atoms. The fourth-order valence-corrected chi connectivity index (χ4v) is 3.03. The zero-order chi connectivity index (χ0) is 18.0. The third-order valence-electron chi connectivity index (χ3n) is 3.97. The molecule has 1 amide bonds. The number of halogens is 1. The summed E-state index contributed by atoms with van der Waals surface area (Å²) in [5, 5.41) is 10.6. The van der Waals surface area contributed by atoms with Crippen LogP contribution < -0.4 is 4.90 Å². The number of H-pyrrole nitrogens is 1. The Labute approximate surface area is 149 Å². The molecule has 1 aromatic heterocycles. The molecule has 3 rings (SSSR count). The SMILES string of the molecule is CC(=O)N(CCO)c1c(C(=O)c2ccccc2)[nH]c2cc(Cl)ccc12. The topological polar surface area (TPSA) is 73.4 Å². The number of amides is 1. The summed E-state index contributed by atoms with van der Waals surface area (Å²) in [5.41, 5.74) is 1.93. The Bertz CT molecular complexity index is 934. The molecule has 0 fully saturated rings. The quantitative estimate of drug-likeness (QED) is 0.688. The molecular weight excluding hydrogens is 340 g/mol. The van der Waals surface area contributed by atoms with Gasteiger partial charge in [0.1, 0.15) is 5.69 Å². The molecule has 0 spiro atoms. The predicted octanol–water partition coefficient (Wildman–Crippen LogP) is 3.40. The van der Waals surface area contributed by atoms with Crippen molar-refractivity contribution in [2.45, 2.75) is 6.92 Å². The van der Waals surface area contributed by atoms with Gasteiger partial charge in [-0.2, -0.15) is 0 Å². The summed E-state index contributed by atoms with van der Waals surface area (Å²) in [6, 6.07) is 14.0. The lowest BCUT2D eigenvalue weighted by molar-refractivity contribution is -0.116. The average molecular weight is 357 g/mol. The summed E-state index contributed by atoms with van der Waals surface area (Å²) in [6.07, 6.45) is 0. The standard InChI is InChI=1S/C19H17ClN2O3/c1-12(24)22(9-10-23)18-15-8-7-14(20)11-16(15)21-17(18)19(25)13-5-3-2-4-6-13/h2-8,11,21,23H,9-10H2,1H3. The van der Waals surface area contributed by atoms with Gasteiger partial charge in [0.25, 0.3) is 0 Å². The van der Waals surface area contributed by atoms with Gasteiger partial charge in [-0.1, -0.05) is 41.9 Å². The predicted molar refractivity (Wildman–Crippen MR) is 98.3 cm³/mol. The van der Waals surface area contributed by atoms with Crippen LogP contribution in [0.1, 0.15) is 23.0 Å². The number of nitrogens with one attached hydrogen (secondary N) is 1. The average Bonchev–Trinajstić information content (AvgIpc) is 2.97. The van der Waals surface area contributed by atoms with Crippen molar-refractivity contribution < 1.29 is 14.7 Å². The summed E-state index contributed by atoms with van der Waals surface area (Å²) in [7, 11) is 0. The number of anilines is 1. The number of benzene rings is 2. The third-order valence-corrected chi connectivity index (χ3v) is 4.20. The van der Waals surface area contributed by atoms with E-state index in [0.29, 0.717) is 32.9 Å². The lowest BCUT2D eigenvalue weighted by Gasteiger charge is -2.21. The van der Waals surface area contributed by atoms with Crippen molar-refractivity contribution in [3.05, 3.63) is 64.8 Å². The highest BCUT2D eigenvalue weighted by Gasteiger charge is 2.25. The molecule has 0 unspecified atom stereocenters. The van der Waals surface area contributed by atoms with Crippen LogP contribution in [0.2, 0.25) is 5.02 Å². The number of carbonyl (C=O) groups is 2. The highest BCUT2D eigenvalue weighted by Crippen LogP contribution is 2.34. The van der Waals surface area contributed by atoms with Crippen molar-refractivity contribution in [3.8, 4) is 0 Å². The fourth-order valence-electron chi connectivity index (χ4n) is 2.86. The van der Waals surface area contributed by atoms with Gasteiger partial charge in [0, 0.05) is 35.0 Å². The first kappa shape index (κ1) is 17.2. The summed E-state index contributed by atoms with van der Waals surface area (Å²) in [5.74, 6) is -0.487. The first-order valence-electron chi connectivity index (χ1n) is 7.83. The number of rotatable bonds is 5. The highest BCUT2D eigenvalue weighted by molar-refractivity contribution is 6.31. The molecule has 5 nitrogen and oxygen atoms in total. The van der Waals surface area contributed by atoms with E-state index in [9.17, 15) is 14.7 Å². The maximum Gasteiger partial charge on any atom is 0.224 e. The van der Waals surface area contributed by atoms with Crippen LogP contribution in [0.5, 0.6) is 0 Å². The molecule has 0 bridgehead atoms. The normalized spacial score (nSPS) is 10.8. The molecule has 0 aliphatic heterocycles. The molecule has 6 heteroatoms. The van der Waals surface area contributed by atoms with Crippen LogP contribution in [0.15, 0.2) is 48.5 Å². The lowest BCUT2D eigenvalue weighted by Crippen LogP contribution is -2.32. The van der Waals surface area contributed by atoms with Crippen molar-refractivity contribution in [1.82, 2.24) is 4.98 Å². The minimum Gasteiger partial charge on any atom is -0.395 e. The number of aliphatic hydroxyl groups is 1. The lowest BCUT2D eigenvalue weighted by atomic mass is 10.1. The van der Waals surface area contributed by atoms with Crippen LogP contribution in [0.4, 0.5) is 5.69 Å². The number of carbonyl (C=O) groups excluding carboxylic acids is 2. The van der Waals surface area contributed by atoms with Gasteiger partial charge in [-0.05, 0) is 18.2 Å². The van der Waals surface area contributed by atoms with Crippen molar-refractivity contribution >= 4 is 39.9 Å². The molecule has 2 aromatic carbocycles. The van der Waals surface area contributed by atoms with E-state index < -0.39 is 0 Å². The van der Waals surface area contributed by atoms with E-state index in [1.165, 1.54) is 11.8 Å². The minimum atomic E-state index is -0.257. The van der Waals surface area contributed by atoms with E-state index in [0.717, 1.165) is 0 Å². The molecule has 0 aliphatic rings. The summed E-state index contributed by atoms with van der Waals surface area (Å²) < 4.78 is 0. The van der Waals surface area contributed by atoms with Crippen LogP contribution in [0.25, 0.3) is 10.9 Å². The number of ketones is 1. The number of fused-ring (bicyclic) bond motifs is 1. The summed E-state index contributed by atoms with van der Waals surface area (Å²) >= 11 is 6.05. The van der Waals surface area contributed by atoms with E-state index >= 15 is 0 Å². The molecule has 0 atom stereocenters. The first-order valence-corrected chi connectivity index (χ1v) is 8.20. The maximum atomic E-state index is 13.0. The van der Waals surface area contributed by atoms with E-state index in [-0.39, 0.29) is 24.8 Å². The molecule has 3 aromatic rings. The first-order chi connectivity index (χ1) is 12.0. The second kappa shape index (κ2) is 7.09. The van der Waals surface area contributed by atoms with Crippen LogP contribution in [0, 0.1) is 0 Å². The molecule has 2 N–H and O–H groups in total. The van der Waals surface area contributed by atoms with Gasteiger partial charge in [-0.3, -0.25) is 9.59 Å². The highest BCUT2D eigenvalue weighted by atomic mass is 35.5. The second-order valence-electron chi connectivity index (χ2n) is 5.63. The van der Waals surface area contributed by atoms with E-state index in [2.05, 4.69) is 4.98 Å². The zero-order valence-corrected chi connectivity index (χ0v) is 14.4. The van der Waals surface area contributed by atoms with Crippen LogP contribution in [0.3, 0.4) is 0 Å². The van der Waals surface area contributed by atoms with Crippen LogP contribution in [-0.2, 0) is 4.79 Å². The molecular formula is C19H17ClN2O3. The largest absolute Gasteiger partial charge is 0.395 e. The number of aromatic amines is 1. The van der Waals surface area contributed by atoms with Crippen molar-refractivity contribution in [2.24, 2.45) is 0 Å². The Balaban J connectivity index is 2.24. The summed E-state index contributed by atoms with van der Waals surface area (Å²) in [4.78, 5) is 29.6. The third kappa shape index (κ3) is 3.29. The van der Waals surface area contributed by atoms with Crippen molar-refractivity contribution in [2.75, 3.05) is 18.1 Å². The van der Waals surface area contributed by atoms with Gasteiger partial charge in [0.05, 0.1) is 12.3 Å². The number of hydrogen-bond acceptors (Lipinski definition) is 3. The Morgan fingerprint density at radius 3 is 2.52 bits per heavy atom. The van der Waals surface area contributed by atoms with Gasteiger partial charge in [-0.25, -0.2) is 0 Å². The summed E-state index contributed by atoms with van der Waals surface area (Å²) in [6.45, 7) is 1.29. The maximum absolute atomic E-state index is 13.0. The molecule has 0 saturated carbocycles. The van der Waals surface area contributed by atoms with Gasteiger partial charge in [0.15, 0.2) is 0 Å². The number of hydrogen-bond donors (Lipinski definition) is 2. The van der Waals surface area contributed by atoms with Crippen LogP contribution >= 0.6 is 11.6 Å². The number of aromatic nitrogens is 1. The Morgan fingerprint density at radius 1 is 1.16 bits per heavy atom. The molecule has 0 radical (unpaired) electrons. The minimum absolute atomic E-state index is 0.0972. The smallest absolute Gasteiger partial charge is 0.224 e. The van der Waals surface area contributed by atoms with Crippen molar-refractivity contribution in [3.63, 3.8) is 0 Å². The second-order valence-corrected chi connectivity index (χ2v) is 6.06. The van der Waals surface area contributed by atoms with E-state index in [4.69, 9.17) is 11.6 Å². The molecule has 0 aliphatic carbocycles. The molecule has 0 saturated heterocycles. The fraction of sp³-hybridized carbons (Fsp3) is 0.158. The van der Waals surface area contributed by atoms with Crippen molar-refractivity contribution in [1.29, 1.82) is 0 Å². The van der Waals surface area contributed by atoms with Gasteiger partial charge < -0.3 is 15.0 Å². The zero-order valence-electron chi connectivity index (χ0n) is 13.6. The monoisotopic (exact) mass is 356 g/mol. The van der Waals surface area contributed by atoms with Gasteiger partial charge in [-0.15, -0.1) is 0 Å². The number of aliphatic hydroxyl groups excluding tert-OH is 1. The Hall–Kier alpha value is -2.63. The molecule has 128 valence electrons. The number of nitrogens with zero attached hydrogens (tertiary/aromatic N) is 1. The van der Waals surface area contributed by atoms with Gasteiger partial charge in [0.2, 0.25) is 11.7 Å². The van der Waals surface area contributed by atoms with Crippen LogP contribution in [-0.4, -0.2) is 34.9 Å².